The number of nitrogens with zero attached hydrogens (tertiary/aromatic N) is 1. The minimum atomic E-state index is -0.854. The normalized spacial score (nSPS) is 29.9. The first-order valence-corrected chi connectivity index (χ1v) is 8.08. The van der Waals surface area contributed by atoms with Gasteiger partial charge in [0.25, 0.3) is 5.91 Å². The highest BCUT2D eigenvalue weighted by atomic mass is 16.3. The lowest BCUT2D eigenvalue weighted by molar-refractivity contribution is -0.126. The average Bonchev–Trinajstić information content (AvgIpc) is 2.82. The SMILES string of the molecule is C[C@]1([C@H]2CCCN(C[C@H](O)c3ccccc3)C2)NC(=O)NC1=O. The molecule has 2 saturated heterocycles. The van der Waals surface area contributed by atoms with Gasteiger partial charge >= 0.3 is 6.03 Å². The van der Waals surface area contributed by atoms with Gasteiger partial charge in [0.05, 0.1) is 6.10 Å². The van der Waals surface area contributed by atoms with Crippen LogP contribution in [-0.2, 0) is 4.79 Å². The van der Waals surface area contributed by atoms with Crippen molar-refractivity contribution in [1.29, 1.82) is 0 Å². The molecule has 0 saturated carbocycles. The van der Waals surface area contributed by atoms with Gasteiger partial charge in [-0.3, -0.25) is 10.1 Å². The van der Waals surface area contributed by atoms with Crippen molar-refractivity contribution in [2.75, 3.05) is 19.6 Å². The fourth-order valence-electron chi connectivity index (χ4n) is 3.56. The van der Waals surface area contributed by atoms with E-state index in [-0.39, 0.29) is 11.8 Å². The van der Waals surface area contributed by atoms with Crippen molar-refractivity contribution >= 4 is 11.9 Å². The zero-order valence-electron chi connectivity index (χ0n) is 13.3. The van der Waals surface area contributed by atoms with Crippen LogP contribution in [0.4, 0.5) is 4.79 Å². The number of hydrogen-bond acceptors (Lipinski definition) is 4. The maximum atomic E-state index is 12.1. The molecule has 0 aromatic heterocycles. The Morgan fingerprint density at radius 3 is 2.74 bits per heavy atom. The van der Waals surface area contributed by atoms with Gasteiger partial charge in [-0.1, -0.05) is 30.3 Å². The van der Waals surface area contributed by atoms with Gasteiger partial charge in [0.15, 0.2) is 0 Å². The fraction of sp³-hybridized carbons (Fsp3) is 0.529. The van der Waals surface area contributed by atoms with Crippen LogP contribution < -0.4 is 10.6 Å². The third-order valence-corrected chi connectivity index (χ3v) is 5.01. The smallest absolute Gasteiger partial charge is 0.322 e. The molecule has 0 unspecified atom stereocenters. The number of β-amino-alcohol motifs (C(OH)–C–C–N with tert-alkyl or cyclic N) is 1. The zero-order valence-corrected chi connectivity index (χ0v) is 13.3. The van der Waals surface area contributed by atoms with Crippen molar-refractivity contribution in [2.24, 2.45) is 5.92 Å². The van der Waals surface area contributed by atoms with Gasteiger partial charge in [-0.25, -0.2) is 4.79 Å². The minimum absolute atomic E-state index is 0.0469. The number of carbonyl (C=O) groups excluding carboxylic acids is 2. The molecule has 2 fully saturated rings. The highest BCUT2D eigenvalue weighted by molar-refractivity contribution is 6.06. The number of likely N-dealkylation sites (tertiary alicyclic amines) is 1. The van der Waals surface area contributed by atoms with E-state index in [4.69, 9.17) is 0 Å². The van der Waals surface area contributed by atoms with Crippen LogP contribution in [0.25, 0.3) is 0 Å². The number of aliphatic hydroxyl groups excluding tert-OH is 1. The number of imide groups is 1. The fourth-order valence-corrected chi connectivity index (χ4v) is 3.56. The second-order valence-corrected chi connectivity index (χ2v) is 6.64. The molecule has 6 nitrogen and oxygen atoms in total. The van der Waals surface area contributed by atoms with E-state index in [1.165, 1.54) is 0 Å². The molecule has 3 N–H and O–H groups in total. The van der Waals surface area contributed by atoms with Gasteiger partial charge in [-0.2, -0.15) is 0 Å². The number of carbonyl (C=O) groups is 2. The molecule has 0 spiro atoms. The first-order valence-electron chi connectivity index (χ1n) is 8.08. The Kier molecular flexibility index (Phi) is 4.37. The second-order valence-electron chi connectivity index (χ2n) is 6.64. The standard InChI is InChI=1S/C17H23N3O3/c1-17(15(22)18-16(23)19-17)13-8-5-9-20(10-13)11-14(21)12-6-3-2-4-7-12/h2-4,6-7,13-14,21H,5,8-11H2,1H3,(H2,18,19,22,23)/t13-,14-,17+/m0/s1. The van der Waals surface area contributed by atoms with Gasteiger partial charge in [-0.05, 0) is 31.9 Å². The van der Waals surface area contributed by atoms with E-state index in [2.05, 4.69) is 15.5 Å². The van der Waals surface area contributed by atoms with Crippen LogP contribution in [0.2, 0.25) is 0 Å². The molecule has 2 aliphatic heterocycles. The van der Waals surface area contributed by atoms with Gasteiger partial charge in [0, 0.05) is 19.0 Å². The van der Waals surface area contributed by atoms with Crippen molar-refractivity contribution < 1.29 is 14.7 Å². The zero-order chi connectivity index (χ0) is 16.4. The first-order chi connectivity index (χ1) is 11.0. The molecule has 124 valence electrons. The number of hydrogen-bond donors (Lipinski definition) is 3. The summed E-state index contributed by atoms with van der Waals surface area (Å²) in [6.07, 6.45) is 1.29. The molecule has 0 radical (unpaired) electrons. The van der Waals surface area contributed by atoms with Crippen LogP contribution in [0.5, 0.6) is 0 Å². The topological polar surface area (TPSA) is 81.7 Å². The molecule has 1 aromatic rings. The molecular weight excluding hydrogens is 294 g/mol. The Morgan fingerprint density at radius 2 is 2.09 bits per heavy atom. The highest BCUT2D eigenvalue weighted by Crippen LogP contribution is 2.30. The molecule has 6 heteroatoms. The quantitative estimate of drug-likeness (QED) is 0.725. The number of benzene rings is 1. The molecule has 2 aliphatic rings. The summed E-state index contributed by atoms with van der Waals surface area (Å²) >= 11 is 0. The second kappa shape index (κ2) is 6.29. The number of piperidine rings is 1. The van der Waals surface area contributed by atoms with Crippen LogP contribution in [-0.4, -0.2) is 47.1 Å². The van der Waals surface area contributed by atoms with E-state index in [0.717, 1.165) is 24.9 Å². The maximum Gasteiger partial charge on any atom is 0.322 e. The van der Waals surface area contributed by atoms with Crippen molar-refractivity contribution in [3.63, 3.8) is 0 Å². The summed E-state index contributed by atoms with van der Waals surface area (Å²) < 4.78 is 0. The third-order valence-electron chi connectivity index (χ3n) is 5.01. The van der Waals surface area contributed by atoms with E-state index < -0.39 is 17.7 Å². The summed E-state index contributed by atoms with van der Waals surface area (Å²) in [5.74, 6) is -0.205. The summed E-state index contributed by atoms with van der Waals surface area (Å²) in [6.45, 7) is 3.90. The maximum absolute atomic E-state index is 12.1. The Labute approximate surface area is 135 Å². The lowest BCUT2D eigenvalue weighted by Gasteiger charge is -2.40. The summed E-state index contributed by atoms with van der Waals surface area (Å²) in [5.41, 5.74) is 0.0423. The summed E-state index contributed by atoms with van der Waals surface area (Å²) in [7, 11) is 0. The largest absolute Gasteiger partial charge is 0.387 e. The summed E-state index contributed by atoms with van der Waals surface area (Å²) in [4.78, 5) is 25.7. The Morgan fingerprint density at radius 1 is 1.35 bits per heavy atom. The lowest BCUT2D eigenvalue weighted by Crippen LogP contribution is -2.56. The number of aliphatic hydroxyl groups is 1. The molecule has 3 rings (SSSR count). The van der Waals surface area contributed by atoms with Gasteiger partial charge in [0.2, 0.25) is 0 Å². The van der Waals surface area contributed by atoms with E-state index in [1.54, 1.807) is 6.92 Å². The predicted molar refractivity (Wildman–Crippen MR) is 85.6 cm³/mol. The van der Waals surface area contributed by atoms with E-state index >= 15 is 0 Å². The minimum Gasteiger partial charge on any atom is -0.387 e. The van der Waals surface area contributed by atoms with Crippen LogP contribution in [0.3, 0.4) is 0 Å². The highest BCUT2D eigenvalue weighted by Gasteiger charge is 2.48. The van der Waals surface area contributed by atoms with Crippen LogP contribution >= 0.6 is 0 Å². The molecule has 3 atom stereocenters. The Balaban J connectivity index is 1.65. The van der Waals surface area contributed by atoms with Gasteiger partial charge in [-0.15, -0.1) is 0 Å². The van der Waals surface area contributed by atoms with Crippen molar-refractivity contribution in [3.8, 4) is 0 Å². The molecule has 23 heavy (non-hydrogen) atoms. The number of rotatable bonds is 4. The molecule has 0 bridgehead atoms. The number of nitrogens with one attached hydrogen (secondary N) is 2. The third kappa shape index (κ3) is 3.23. The van der Waals surface area contributed by atoms with E-state index in [9.17, 15) is 14.7 Å². The Hall–Kier alpha value is -1.92. The monoisotopic (exact) mass is 317 g/mol. The van der Waals surface area contributed by atoms with Crippen molar-refractivity contribution in [1.82, 2.24) is 15.5 Å². The Bertz CT molecular complexity index is 592. The first kappa shape index (κ1) is 16.0. The lowest BCUT2D eigenvalue weighted by atomic mass is 9.80. The van der Waals surface area contributed by atoms with Crippen LogP contribution in [0.1, 0.15) is 31.4 Å². The molecular formula is C17H23N3O3. The van der Waals surface area contributed by atoms with Crippen LogP contribution in [0, 0.1) is 5.92 Å². The van der Waals surface area contributed by atoms with Gasteiger partial charge in [0.1, 0.15) is 5.54 Å². The average molecular weight is 317 g/mol. The van der Waals surface area contributed by atoms with Crippen molar-refractivity contribution in [3.05, 3.63) is 35.9 Å². The van der Waals surface area contributed by atoms with E-state index in [0.29, 0.717) is 13.1 Å². The van der Waals surface area contributed by atoms with Crippen molar-refractivity contribution in [2.45, 2.75) is 31.4 Å². The molecule has 3 amide bonds. The summed E-state index contributed by atoms with van der Waals surface area (Å²) in [5, 5.41) is 15.5. The summed E-state index contributed by atoms with van der Waals surface area (Å²) in [6, 6.07) is 9.17. The molecule has 1 aromatic carbocycles. The molecule has 2 heterocycles. The number of urea groups is 1. The predicted octanol–water partition coefficient (Wildman–Crippen LogP) is 1.03. The van der Waals surface area contributed by atoms with Gasteiger partial charge < -0.3 is 15.3 Å². The molecule has 0 aliphatic carbocycles. The van der Waals surface area contributed by atoms with Crippen LogP contribution in [0.15, 0.2) is 30.3 Å². The number of amides is 3. The van der Waals surface area contributed by atoms with E-state index in [1.807, 2.05) is 30.3 Å².